The van der Waals surface area contributed by atoms with Crippen molar-refractivity contribution in [2.45, 2.75) is 45.0 Å². The Bertz CT molecular complexity index is 470. The summed E-state index contributed by atoms with van der Waals surface area (Å²) in [5.41, 5.74) is -0.603. The summed E-state index contributed by atoms with van der Waals surface area (Å²) in [4.78, 5) is 10.1. The third-order valence-corrected chi connectivity index (χ3v) is 3.08. The van der Waals surface area contributed by atoms with Crippen molar-refractivity contribution in [1.29, 1.82) is 0 Å². The Morgan fingerprint density at radius 3 is 2.58 bits per heavy atom. The van der Waals surface area contributed by atoms with Gasteiger partial charge in [0.15, 0.2) is 0 Å². The average molecular weight is 269 g/mol. The van der Waals surface area contributed by atoms with Crippen molar-refractivity contribution in [3.8, 4) is 5.75 Å². The van der Waals surface area contributed by atoms with E-state index in [2.05, 4.69) is 0 Å². The molecule has 2 atom stereocenters. The van der Waals surface area contributed by atoms with Crippen LogP contribution in [0.1, 0.15) is 26.7 Å². The second-order valence-electron chi connectivity index (χ2n) is 4.81. The van der Waals surface area contributed by atoms with Crippen LogP contribution in [0.3, 0.4) is 0 Å². The zero-order valence-corrected chi connectivity index (χ0v) is 10.8. The molecule has 19 heavy (non-hydrogen) atoms. The molecule has 0 radical (unpaired) electrons. The van der Waals surface area contributed by atoms with Crippen molar-refractivity contribution in [2.75, 3.05) is 0 Å². The summed E-state index contributed by atoms with van der Waals surface area (Å²) in [6, 6.07) is 3.89. The molecule has 0 amide bonds. The van der Waals surface area contributed by atoms with Gasteiger partial charge >= 0.3 is 5.69 Å². The maximum Gasteiger partial charge on any atom is 0.346 e. The molecule has 2 rings (SSSR count). The Labute approximate surface area is 110 Å². The van der Waals surface area contributed by atoms with Crippen molar-refractivity contribution in [2.24, 2.45) is 0 Å². The molecule has 0 aromatic heterocycles. The van der Waals surface area contributed by atoms with Gasteiger partial charge < -0.3 is 9.47 Å². The molecule has 6 heteroatoms. The molecular weight excluding hydrogens is 253 g/mol. The number of hydrogen-bond acceptors (Lipinski definition) is 4. The average Bonchev–Trinajstić information content (AvgIpc) is 2.26. The number of nitro benzene ring substituents is 1. The Morgan fingerprint density at radius 1 is 1.37 bits per heavy atom. The molecule has 1 aromatic rings. The van der Waals surface area contributed by atoms with Crippen molar-refractivity contribution in [3.05, 3.63) is 34.1 Å². The van der Waals surface area contributed by atoms with Gasteiger partial charge in [0.25, 0.3) is 0 Å². The van der Waals surface area contributed by atoms with E-state index >= 15 is 0 Å². The van der Waals surface area contributed by atoms with Gasteiger partial charge in [0.2, 0.25) is 11.6 Å². The fourth-order valence-corrected chi connectivity index (χ4v) is 2.39. The molecule has 0 bridgehead atoms. The van der Waals surface area contributed by atoms with E-state index in [9.17, 15) is 14.5 Å². The molecule has 1 aliphatic rings. The Hall–Kier alpha value is -1.69. The second kappa shape index (κ2) is 5.52. The number of hydrogen-bond donors (Lipinski definition) is 0. The van der Waals surface area contributed by atoms with Gasteiger partial charge in [-0.1, -0.05) is 6.07 Å². The molecule has 104 valence electrons. The van der Waals surface area contributed by atoms with E-state index in [1.54, 1.807) is 0 Å². The van der Waals surface area contributed by atoms with Crippen LogP contribution < -0.4 is 4.74 Å². The molecule has 1 heterocycles. The zero-order chi connectivity index (χ0) is 14.0. The van der Waals surface area contributed by atoms with E-state index in [1.807, 2.05) is 13.8 Å². The number of nitrogens with zero attached hydrogens (tertiary/aromatic N) is 1. The minimum Gasteiger partial charge on any atom is -0.483 e. The van der Waals surface area contributed by atoms with E-state index in [-0.39, 0.29) is 24.1 Å². The van der Waals surface area contributed by atoms with Gasteiger partial charge in [-0.25, -0.2) is 0 Å². The summed E-state index contributed by atoms with van der Waals surface area (Å²) in [6.07, 6.45) is 1.14. The molecule has 1 fully saturated rings. The Morgan fingerprint density at radius 2 is 2.00 bits per heavy atom. The van der Waals surface area contributed by atoms with Gasteiger partial charge in [-0.15, -0.1) is 0 Å². The highest BCUT2D eigenvalue weighted by molar-refractivity contribution is 5.47. The van der Waals surface area contributed by atoms with Gasteiger partial charge in [-0.3, -0.25) is 10.1 Å². The van der Waals surface area contributed by atoms with E-state index < -0.39 is 16.4 Å². The van der Waals surface area contributed by atoms with Crippen molar-refractivity contribution >= 4 is 5.69 Å². The monoisotopic (exact) mass is 269 g/mol. The molecule has 1 aliphatic heterocycles. The minimum atomic E-state index is -0.879. The molecule has 0 spiro atoms. The summed E-state index contributed by atoms with van der Waals surface area (Å²) in [5.74, 6) is -0.896. The molecule has 0 aliphatic carbocycles. The number of halogens is 1. The predicted octanol–water partition coefficient (Wildman–Crippen LogP) is 3.07. The number of nitro groups is 1. The van der Waals surface area contributed by atoms with Gasteiger partial charge in [-0.05, 0) is 26.0 Å². The summed E-state index contributed by atoms with van der Waals surface area (Å²) < 4.78 is 24.6. The van der Waals surface area contributed by atoms with Crippen LogP contribution in [0.5, 0.6) is 5.75 Å². The summed E-state index contributed by atoms with van der Waals surface area (Å²) in [5, 5.41) is 10.9. The summed E-state index contributed by atoms with van der Waals surface area (Å²) in [6.45, 7) is 3.85. The second-order valence-corrected chi connectivity index (χ2v) is 4.81. The lowest BCUT2D eigenvalue weighted by molar-refractivity contribution is -0.388. The first-order chi connectivity index (χ1) is 8.97. The molecule has 1 aromatic carbocycles. The minimum absolute atomic E-state index is 0.0173. The first-order valence-electron chi connectivity index (χ1n) is 6.22. The highest BCUT2D eigenvalue weighted by Gasteiger charge is 2.29. The summed E-state index contributed by atoms with van der Waals surface area (Å²) in [7, 11) is 0. The van der Waals surface area contributed by atoms with Crippen LogP contribution >= 0.6 is 0 Å². The van der Waals surface area contributed by atoms with Crippen LogP contribution in [0.2, 0.25) is 0 Å². The number of rotatable bonds is 3. The smallest absolute Gasteiger partial charge is 0.346 e. The van der Waals surface area contributed by atoms with Crippen molar-refractivity contribution in [1.82, 2.24) is 0 Å². The molecule has 0 N–H and O–H groups in total. The van der Waals surface area contributed by atoms with Gasteiger partial charge in [0.05, 0.1) is 17.1 Å². The van der Waals surface area contributed by atoms with Crippen LogP contribution in [-0.2, 0) is 4.74 Å². The molecule has 0 saturated carbocycles. The van der Waals surface area contributed by atoms with Crippen LogP contribution in [0.15, 0.2) is 18.2 Å². The standard InChI is InChI=1S/C13H16FNO4/c1-8-6-10(7-9(2)18-8)19-12-5-3-4-11(14)13(12)15(16)17/h3-5,8-10H,6-7H2,1-2H3. The SMILES string of the molecule is CC1CC(Oc2cccc(F)c2[N+](=O)[O-])CC(C)O1. The van der Waals surface area contributed by atoms with Gasteiger partial charge in [-0.2, -0.15) is 4.39 Å². The Balaban J connectivity index is 2.19. The molecular formula is C13H16FNO4. The topological polar surface area (TPSA) is 61.6 Å². The zero-order valence-electron chi connectivity index (χ0n) is 10.8. The number of ether oxygens (including phenoxy) is 2. The van der Waals surface area contributed by atoms with Crippen LogP contribution in [0.4, 0.5) is 10.1 Å². The first-order valence-corrected chi connectivity index (χ1v) is 6.22. The van der Waals surface area contributed by atoms with Gasteiger partial charge in [0, 0.05) is 12.8 Å². The fourth-order valence-electron chi connectivity index (χ4n) is 2.39. The first kappa shape index (κ1) is 13.7. The fraction of sp³-hybridized carbons (Fsp3) is 0.538. The lowest BCUT2D eigenvalue weighted by Crippen LogP contribution is -2.35. The van der Waals surface area contributed by atoms with E-state index in [0.29, 0.717) is 12.8 Å². The van der Waals surface area contributed by atoms with Gasteiger partial charge in [0.1, 0.15) is 6.10 Å². The largest absolute Gasteiger partial charge is 0.483 e. The molecule has 2 unspecified atom stereocenters. The maximum absolute atomic E-state index is 13.5. The number of benzene rings is 1. The van der Waals surface area contributed by atoms with Crippen molar-refractivity contribution in [3.63, 3.8) is 0 Å². The quantitative estimate of drug-likeness (QED) is 0.625. The predicted molar refractivity (Wildman–Crippen MR) is 66.7 cm³/mol. The van der Waals surface area contributed by atoms with E-state index in [0.717, 1.165) is 6.07 Å². The van der Waals surface area contributed by atoms with Crippen LogP contribution in [-0.4, -0.2) is 23.2 Å². The van der Waals surface area contributed by atoms with Crippen molar-refractivity contribution < 1.29 is 18.8 Å². The third-order valence-electron chi connectivity index (χ3n) is 3.08. The molecule has 5 nitrogen and oxygen atoms in total. The summed E-state index contributed by atoms with van der Waals surface area (Å²) >= 11 is 0. The van der Waals surface area contributed by atoms with E-state index in [4.69, 9.17) is 9.47 Å². The lowest BCUT2D eigenvalue weighted by Gasteiger charge is -2.32. The normalized spacial score (nSPS) is 27.0. The molecule has 1 saturated heterocycles. The number of para-hydroxylation sites is 1. The van der Waals surface area contributed by atoms with Crippen LogP contribution in [0, 0.1) is 15.9 Å². The lowest BCUT2D eigenvalue weighted by atomic mass is 10.0. The highest BCUT2D eigenvalue weighted by atomic mass is 19.1. The maximum atomic E-state index is 13.5. The van der Waals surface area contributed by atoms with E-state index in [1.165, 1.54) is 12.1 Å². The highest BCUT2D eigenvalue weighted by Crippen LogP contribution is 2.32. The Kier molecular flexibility index (Phi) is 3.99. The van der Waals surface area contributed by atoms with Crippen LogP contribution in [0.25, 0.3) is 0 Å². The third kappa shape index (κ3) is 3.20.